The second-order valence-electron chi connectivity index (χ2n) is 6.77. The topological polar surface area (TPSA) is 128 Å². The zero-order valence-electron chi connectivity index (χ0n) is 15.3. The Morgan fingerprint density at radius 1 is 1.29 bits per heavy atom. The van der Waals surface area contributed by atoms with Gasteiger partial charge in [-0.05, 0) is 25.5 Å². The van der Waals surface area contributed by atoms with Crippen LogP contribution in [0.1, 0.15) is 37.1 Å². The van der Waals surface area contributed by atoms with Crippen molar-refractivity contribution in [3.05, 3.63) is 29.8 Å². The normalized spacial score (nSPS) is 19.0. The van der Waals surface area contributed by atoms with E-state index in [0.717, 1.165) is 18.7 Å². The van der Waals surface area contributed by atoms with Gasteiger partial charge in [0.15, 0.2) is 5.69 Å². The number of nitrogens with one attached hydrogen (secondary N) is 3. The van der Waals surface area contributed by atoms with Crippen molar-refractivity contribution in [1.29, 1.82) is 5.26 Å². The standard InChI is InChI=1S/C19H20N8O/c20-8-16-15(22-9-12-3-1-2-6-21-12)7-13(10-23-16)25-19-24-11-17-14(27-19)4-5-18(28)26-17/h7,9-12,21H,1-6H2,(H,26,28)(H,24,25,27). The summed E-state index contributed by atoms with van der Waals surface area (Å²) in [7, 11) is 0. The monoisotopic (exact) mass is 376 g/mol. The number of aromatic nitrogens is 3. The fourth-order valence-corrected chi connectivity index (χ4v) is 3.23. The molecule has 1 unspecified atom stereocenters. The summed E-state index contributed by atoms with van der Waals surface area (Å²) in [6, 6.07) is 4.05. The van der Waals surface area contributed by atoms with Crippen molar-refractivity contribution in [2.45, 2.75) is 38.1 Å². The Balaban J connectivity index is 1.53. The lowest BCUT2D eigenvalue weighted by molar-refractivity contribution is -0.116. The van der Waals surface area contributed by atoms with Gasteiger partial charge in [-0.3, -0.25) is 9.79 Å². The summed E-state index contributed by atoms with van der Waals surface area (Å²) in [5, 5.41) is 18.6. The van der Waals surface area contributed by atoms with E-state index in [0.29, 0.717) is 35.9 Å². The molecule has 0 radical (unpaired) electrons. The van der Waals surface area contributed by atoms with Gasteiger partial charge >= 0.3 is 0 Å². The maximum Gasteiger partial charge on any atom is 0.227 e. The highest BCUT2D eigenvalue weighted by Gasteiger charge is 2.17. The molecular formula is C19H20N8O. The van der Waals surface area contributed by atoms with E-state index in [1.54, 1.807) is 18.5 Å². The van der Waals surface area contributed by atoms with Gasteiger partial charge < -0.3 is 16.0 Å². The Bertz CT molecular complexity index is 959. The predicted octanol–water partition coefficient (Wildman–Crippen LogP) is 2.22. The predicted molar refractivity (Wildman–Crippen MR) is 105 cm³/mol. The van der Waals surface area contributed by atoms with Crippen LogP contribution in [-0.2, 0) is 11.2 Å². The fraction of sp³-hybridized carbons (Fsp3) is 0.368. The van der Waals surface area contributed by atoms with E-state index < -0.39 is 0 Å². The largest absolute Gasteiger partial charge is 0.323 e. The number of anilines is 3. The lowest BCUT2D eigenvalue weighted by Crippen LogP contribution is -2.34. The SMILES string of the molecule is N#Cc1ncc(Nc2ncc3c(n2)CCC(=O)N3)cc1N=CC1CCCCN1. The van der Waals surface area contributed by atoms with Crippen LogP contribution in [0.3, 0.4) is 0 Å². The van der Waals surface area contributed by atoms with Crippen molar-refractivity contribution < 1.29 is 4.79 Å². The third-order valence-electron chi connectivity index (χ3n) is 4.70. The van der Waals surface area contributed by atoms with Crippen molar-refractivity contribution in [2.24, 2.45) is 4.99 Å². The fourth-order valence-electron chi connectivity index (χ4n) is 3.23. The van der Waals surface area contributed by atoms with Gasteiger partial charge in [0, 0.05) is 25.1 Å². The average molecular weight is 376 g/mol. The maximum atomic E-state index is 11.4. The number of nitriles is 1. The van der Waals surface area contributed by atoms with Crippen LogP contribution >= 0.6 is 0 Å². The van der Waals surface area contributed by atoms with Crippen molar-refractivity contribution >= 4 is 35.1 Å². The number of aryl methyl sites for hydroxylation is 1. The lowest BCUT2D eigenvalue weighted by Gasteiger charge is -2.19. The number of fused-ring (bicyclic) bond motifs is 1. The quantitative estimate of drug-likeness (QED) is 0.698. The minimum absolute atomic E-state index is 0.0249. The summed E-state index contributed by atoms with van der Waals surface area (Å²) >= 11 is 0. The first-order valence-corrected chi connectivity index (χ1v) is 9.32. The summed E-state index contributed by atoms with van der Waals surface area (Å²) in [5.74, 6) is 0.383. The van der Waals surface area contributed by atoms with Crippen LogP contribution in [0, 0.1) is 11.3 Å². The number of amides is 1. The highest BCUT2D eigenvalue weighted by Crippen LogP contribution is 2.25. The van der Waals surface area contributed by atoms with E-state index in [-0.39, 0.29) is 17.6 Å². The van der Waals surface area contributed by atoms with Crippen LogP contribution in [0.5, 0.6) is 0 Å². The zero-order valence-corrected chi connectivity index (χ0v) is 15.3. The van der Waals surface area contributed by atoms with E-state index in [2.05, 4.69) is 42.0 Å². The number of piperidine rings is 1. The highest BCUT2D eigenvalue weighted by atomic mass is 16.1. The molecule has 1 amide bonds. The minimum Gasteiger partial charge on any atom is -0.323 e. The molecule has 0 aliphatic carbocycles. The molecule has 1 saturated heterocycles. The smallest absolute Gasteiger partial charge is 0.227 e. The number of hydrogen-bond donors (Lipinski definition) is 3. The van der Waals surface area contributed by atoms with Gasteiger partial charge in [0.25, 0.3) is 0 Å². The molecule has 1 atom stereocenters. The van der Waals surface area contributed by atoms with E-state index in [1.807, 2.05) is 6.21 Å². The van der Waals surface area contributed by atoms with E-state index in [9.17, 15) is 10.1 Å². The van der Waals surface area contributed by atoms with Gasteiger partial charge in [0.05, 0.1) is 29.5 Å². The summed E-state index contributed by atoms with van der Waals surface area (Å²) < 4.78 is 0. The lowest BCUT2D eigenvalue weighted by atomic mass is 10.1. The molecule has 0 bridgehead atoms. The van der Waals surface area contributed by atoms with Gasteiger partial charge in [-0.2, -0.15) is 5.26 Å². The van der Waals surface area contributed by atoms with E-state index >= 15 is 0 Å². The molecule has 0 saturated carbocycles. The van der Waals surface area contributed by atoms with Crippen LogP contribution in [0.25, 0.3) is 0 Å². The van der Waals surface area contributed by atoms with Crippen LogP contribution < -0.4 is 16.0 Å². The minimum atomic E-state index is -0.0249. The van der Waals surface area contributed by atoms with Crippen molar-refractivity contribution in [1.82, 2.24) is 20.3 Å². The van der Waals surface area contributed by atoms with Gasteiger partial charge in [-0.15, -0.1) is 0 Å². The molecule has 9 nitrogen and oxygen atoms in total. The molecule has 28 heavy (non-hydrogen) atoms. The highest BCUT2D eigenvalue weighted by molar-refractivity contribution is 5.93. The van der Waals surface area contributed by atoms with Crippen molar-refractivity contribution in [3.8, 4) is 6.07 Å². The van der Waals surface area contributed by atoms with Crippen molar-refractivity contribution in [3.63, 3.8) is 0 Å². The van der Waals surface area contributed by atoms with Crippen LogP contribution in [0.4, 0.5) is 23.0 Å². The van der Waals surface area contributed by atoms with Gasteiger partial charge in [0.1, 0.15) is 11.8 Å². The van der Waals surface area contributed by atoms with Gasteiger partial charge in [0.2, 0.25) is 11.9 Å². The van der Waals surface area contributed by atoms with Gasteiger partial charge in [-0.1, -0.05) is 6.42 Å². The van der Waals surface area contributed by atoms with E-state index in [1.165, 1.54) is 12.8 Å². The second-order valence-corrected chi connectivity index (χ2v) is 6.77. The Morgan fingerprint density at radius 2 is 2.21 bits per heavy atom. The number of carbonyl (C=O) groups is 1. The number of pyridine rings is 1. The first kappa shape index (κ1) is 18.0. The first-order valence-electron chi connectivity index (χ1n) is 9.32. The number of aliphatic imine (C=N–C) groups is 1. The summed E-state index contributed by atoms with van der Waals surface area (Å²) in [4.78, 5) is 28.8. The van der Waals surface area contributed by atoms with Gasteiger partial charge in [-0.25, -0.2) is 15.0 Å². The molecule has 142 valence electrons. The molecule has 2 aliphatic rings. The van der Waals surface area contributed by atoms with Crippen LogP contribution in [0.15, 0.2) is 23.5 Å². The second kappa shape index (κ2) is 8.10. The first-order chi connectivity index (χ1) is 13.7. The number of nitrogens with zero attached hydrogens (tertiary/aromatic N) is 5. The summed E-state index contributed by atoms with van der Waals surface area (Å²) in [6.45, 7) is 0.984. The Morgan fingerprint density at radius 3 is 3.04 bits per heavy atom. The maximum absolute atomic E-state index is 11.4. The number of rotatable bonds is 4. The molecule has 9 heteroatoms. The van der Waals surface area contributed by atoms with Crippen LogP contribution in [0.2, 0.25) is 0 Å². The Kier molecular flexibility index (Phi) is 5.21. The van der Waals surface area contributed by atoms with Crippen LogP contribution in [-0.4, -0.2) is 39.7 Å². The molecule has 0 aromatic carbocycles. The molecule has 2 aromatic heterocycles. The molecular weight excluding hydrogens is 356 g/mol. The average Bonchev–Trinajstić information content (AvgIpc) is 2.73. The summed E-state index contributed by atoms with van der Waals surface area (Å²) in [5.41, 5.74) is 2.85. The number of carbonyl (C=O) groups excluding carboxylic acids is 1. The Labute approximate surface area is 162 Å². The molecule has 0 spiro atoms. The molecule has 3 N–H and O–H groups in total. The number of hydrogen-bond acceptors (Lipinski definition) is 8. The molecule has 2 aliphatic heterocycles. The van der Waals surface area contributed by atoms with Crippen molar-refractivity contribution in [2.75, 3.05) is 17.2 Å². The van der Waals surface area contributed by atoms with E-state index in [4.69, 9.17) is 0 Å². The molecule has 2 aromatic rings. The third kappa shape index (κ3) is 4.13. The molecule has 1 fully saturated rings. The summed E-state index contributed by atoms with van der Waals surface area (Å²) in [6.07, 6.45) is 9.37. The molecule has 4 heterocycles. The Hall–Kier alpha value is -3.38. The third-order valence-corrected chi connectivity index (χ3v) is 4.70. The molecule has 4 rings (SSSR count). The zero-order chi connectivity index (χ0) is 19.3.